The number of sulfonamides is 1. The van der Waals surface area contributed by atoms with Crippen LogP contribution in [0.1, 0.15) is 5.56 Å². The van der Waals surface area contributed by atoms with Gasteiger partial charge in [0.1, 0.15) is 5.52 Å². The van der Waals surface area contributed by atoms with Gasteiger partial charge in [-0.15, -0.1) is 0 Å². The molecule has 0 spiro atoms. The second kappa shape index (κ2) is 5.25. The topological polar surface area (TPSA) is 90.7 Å². The van der Waals surface area contributed by atoms with E-state index in [1.165, 1.54) is 18.5 Å². The first-order valence-corrected chi connectivity index (χ1v) is 8.32. The lowest BCUT2D eigenvalue weighted by molar-refractivity contribution is 0.174. The van der Waals surface area contributed by atoms with Gasteiger partial charge in [-0.2, -0.15) is 0 Å². The highest BCUT2D eigenvalue weighted by Gasteiger charge is 2.20. The summed E-state index contributed by atoms with van der Waals surface area (Å²) in [5, 5.41) is 0. The first-order valence-electron chi connectivity index (χ1n) is 6.83. The standard InChI is InChI=1S/C15H12N2O5S/c18-23(19,11-2-4-13-15(6-11)22-9-21-13)17-7-10-1-3-12-14(5-10)20-8-16-12/h1-6,8,17H,7,9H2. The van der Waals surface area contributed by atoms with E-state index in [1.807, 2.05) is 0 Å². The molecule has 0 bridgehead atoms. The lowest BCUT2D eigenvalue weighted by Gasteiger charge is -2.07. The molecule has 1 N–H and O–H groups in total. The normalized spacial score (nSPS) is 13.6. The molecule has 0 unspecified atom stereocenters. The summed E-state index contributed by atoms with van der Waals surface area (Å²) < 4.78 is 42.9. The number of ether oxygens (including phenoxy) is 2. The first kappa shape index (κ1) is 14.0. The van der Waals surface area contributed by atoms with E-state index < -0.39 is 10.0 Å². The van der Waals surface area contributed by atoms with Crippen LogP contribution in [0.15, 0.2) is 52.1 Å². The number of rotatable bonds is 4. The molecule has 3 aromatic rings. The molecule has 0 saturated carbocycles. The van der Waals surface area contributed by atoms with Crippen LogP contribution in [-0.4, -0.2) is 20.2 Å². The summed E-state index contributed by atoms with van der Waals surface area (Å²) in [6, 6.07) is 9.85. The zero-order chi connectivity index (χ0) is 15.9. The molecule has 1 aliphatic rings. The largest absolute Gasteiger partial charge is 0.454 e. The smallest absolute Gasteiger partial charge is 0.241 e. The molecule has 23 heavy (non-hydrogen) atoms. The minimum atomic E-state index is -3.65. The average molecular weight is 332 g/mol. The third kappa shape index (κ3) is 2.62. The highest BCUT2D eigenvalue weighted by atomic mass is 32.2. The van der Waals surface area contributed by atoms with Crippen molar-refractivity contribution in [3.05, 3.63) is 48.4 Å². The SMILES string of the molecule is O=S(=O)(NCc1ccc2ncoc2c1)c1ccc2c(c1)OCO2. The van der Waals surface area contributed by atoms with Crippen molar-refractivity contribution in [1.29, 1.82) is 0 Å². The fourth-order valence-electron chi connectivity index (χ4n) is 2.32. The van der Waals surface area contributed by atoms with Gasteiger partial charge in [0, 0.05) is 12.6 Å². The monoisotopic (exact) mass is 332 g/mol. The van der Waals surface area contributed by atoms with Gasteiger partial charge >= 0.3 is 0 Å². The Hall–Kier alpha value is -2.58. The molecule has 0 radical (unpaired) electrons. The number of hydrogen-bond acceptors (Lipinski definition) is 6. The third-order valence-electron chi connectivity index (χ3n) is 3.52. The van der Waals surface area contributed by atoms with E-state index in [9.17, 15) is 8.42 Å². The van der Waals surface area contributed by atoms with Crippen molar-refractivity contribution in [2.24, 2.45) is 0 Å². The van der Waals surface area contributed by atoms with Crippen LogP contribution >= 0.6 is 0 Å². The van der Waals surface area contributed by atoms with Crippen molar-refractivity contribution >= 4 is 21.1 Å². The molecule has 0 fully saturated rings. The van der Waals surface area contributed by atoms with Gasteiger partial charge in [-0.1, -0.05) is 6.07 Å². The fourth-order valence-corrected chi connectivity index (χ4v) is 3.35. The number of nitrogens with zero attached hydrogens (tertiary/aromatic N) is 1. The Labute approximate surface area is 131 Å². The first-order chi connectivity index (χ1) is 11.1. The van der Waals surface area contributed by atoms with Gasteiger partial charge in [-0.05, 0) is 29.8 Å². The van der Waals surface area contributed by atoms with Crippen LogP contribution in [0.5, 0.6) is 11.5 Å². The molecule has 7 nitrogen and oxygen atoms in total. The predicted molar refractivity (Wildman–Crippen MR) is 80.6 cm³/mol. The van der Waals surface area contributed by atoms with E-state index in [1.54, 1.807) is 24.3 Å². The molecule has 0 amide bonds. The summed E-state index contributed by atoms with van der Waals surface area (Å²) in [5.41, 5.74) is 2.12. The molecular weight excluding hydrogens is 320 g/mol. The highest BCUT2D eigenvalue weighted by Crippen LogP contribution is 2.33. The molecule has 2 heterocycles. The van der Waals surface area contributed by atoms with E-state index in [-0.39, 0.29) is 18.2 Å². The minimum Gasteiger partial charge on any atom is -0.454 e. The van der Waals surface area contributed by atoms with E-state index in [4.69, 9.17) is 13.9 Å². The van der Waals surface area contributed by atoms with Gasteiger partial charge in [0.15, 0.2) is 23.5 Å². The van der Waals surface area contributed by atoms with Crippen LogP contribution in [0.4, 0.5) is 0 Å². The maximum atomic E-state index is 12.4. The average Bonchev–Trinajstić information content (AvgIpc) is 3.20. The molecule has 2 aromatic carbocycles. The lowest BCUT2D eigenvalue weighted by Crippen LogP contribution is -2.23. The number of aromatic nitrogens is 1. The van der Waals surface area contributed by atoms with Crippen LogP contribution < -0.4 is 14.2 Å². The van der Waals surface area contributed by atoms with Gasteiger partial charge in [0.25, 0.3) is 0 Å². The van der Waals surface area contributed by atoms with Gasteiger partial charge in [-0.3, -0.25) is 0 Å². The lowest BCUT2D eigenvalue weighted by atomic mass is 10.2. The molecular formula is C15H12N2O5S. The molecule has 1 aliphatic heterocycles. The Morgan fingerprint density at radius 2 is 1.96 bits per heavy atom. The maximum Gasteiger partial charge on any atom is 0.241 e. The predicted octanol–water partition coefficient (Wildman–Crippen LogP) is 2.03. The number of oxazole rings is 1. The minimum absolute atomic E-state index is 0.101. The van der Waals surface area contributed by atoms with Crippen molar-refractivity contribution in [2.45, 2.75) is 11.4 Å². The Bertz CT molecular complexity index is 980. The van der Waals surface area contributed by atoms with Gasteiger partial charge < -0.3 is 13.9 Å². The van der Waals surface area contributed by atoms with Gasteiger partial charge in [-0.25, -0.2) is 18.1 Å². The summed E-state index contributed by atoms with van der Waals surface area (Å²) in [7, 11) is -3.65. The van der Waals surface area contributed by atoms with Crippen LogP contribution in [0.2, 0.25) is 0 Å². The summed E-state index contributed by atoms with van der Waals surface area (Å²) in [6.07, 6.45) is 1.35. The second-order valence-corrected chi connectivity index (χ2v) is 6.76. The van der Waals surface area contributed by atoms with E-state index >= 15 is 0 Å². The van der Waals surface area contributed by atoms with Crippen molar-refractivity contribution in [1.82, 2.24) is 9.71 Å². The molecule has 0 saturated heterocycles. The number of fused-ring (bicyclic) bond motifs is 2. The maximum absolute atomic E-state index is 12.4. The summed E-state index contributed by atoms with van der Waals surface area (Å²) in [4.78, 5) is 4.15. The highest BCUT2D eigenvalue weighted by molar-refractivity contribution is 7.89. The Morgan fingerprint density at radius 1 is 1.09 bits per heavy atom. The second-order valence-electron chi connectivity index (χ2n) is 4.99. The molecule has 0 aliphatic carbocycles. The quantitative estimate of drug-likeness (QED) is 0.786. The molecule has 1 aromatic heterocycles. The number of benzene rings is 2. The van der Waals surface area contributed by atoms with Crippen molar-refractivity contribution in [2.75, 3.05) is 6.79 Å². The fraction of sp³-hybridized carbons (Fsp3) is 0.133. The van der Waals surface area contributed by atoms with Crippen LogP contribution in [0.25, 0.3) is 11.1 Å². The van der Waals surface area contributed by atoms with Crippen LogP contribution in [0.3, 0.4) is 0 Å². The van der Waals surface area contributed by atoms with E-state index in [0.29, 0.717) is 17.1 Å². The Morgan fingerprint density at radius 3 is 2.87 bits per heavy atom. The molecule has 118 valence electrons. The summed E-state index contributed by atoms with van der Waals surface area (Å²) >= 11 is 0. The Kier molecular flexibility index (Phi) is 3.21. The van der Waals surface area contributed by atoms with E-state index in [0.717, 1.165) is 11.1 Å². The van der Waals surface area contributed by atoms with Crippen LogP contribution in [-0.2, 0) is 16.6 Å². The van der Waals surface area contributed by atoms with Crippen molar-refractivity contribution in [3.8, 4) is 11.5 Å². The Balaban J connectivity index is 1.55. The number of hydrogen-bond donors (Lipinski definition) is 1. The molecule has 8 heteroatoms. The number of nitrogens with one attached hydrogen (secondary N) is 1. The van der Waals surface area contributed by atoms with Gasteiger partial charge in [0.2, 0.25) is 16.8 Å². The summed E-state index contributed by atoms with van der Waals surface area (Å²) in [5.74, 6) is 0.968. The molecule has 4 rings (SSSR count). The van der Waals surface area contributed by atoms with E-state index in [2.05, 4.69) is 9.71 Å². The molecule has 0 atom stereocenters. The zero-order valence-corrected chi connectivity index (χ0v) is 12.7. The van der Waals surface area contributed by atoms with Crippen molar-refractivity contribution in [3.63, 3.8) is 0 Å². The van der Waals surface area contributed by atoms with Crippen LogP contribution in [0, 0.1) is 0 Å². The third-order valence-corrected chi connectivity index (χ3v) is 4.92. The van der Waals surface area contributed by atoms with Crippen molar-refractivity contribution < 1.29 is 22.3 Å². The zero-order valence-electron chi connectivity index (χ0n) is 11.9. The summed E-state index contributed by atoms with van der Waals surface area (Å²) in [6.45, 7) is 0.247. The van der Waals surface area contributed by atoms with Gasteiger partial charge in [0.05, 0.1) is 4.90 Å².